The van der Waals surface area contributed by atoms with Crippen molar-refractivity contribution >= 4 is 0 Å². The maximum Gasteiger partial charge on any atom is 0.432 e. The minimum Gasteiger partial charge on any atom is -0.429 e. The SMILES string of the molecule is C/C=C/CCc1ccc(-c2ccc(-c3ccc(-c4cc(F)c(C(F)(F)Oc5cc(F)c(F)c(F)c5)c(F)c4)c(F)c3)c(F)c2)cc1. The highest BCUT2D eigenvalue weighted by Crippen LogP contribution is 2.39. The quantitative estimate of drug-likeness (QED) is 0.0883. The number of hydrogen-bond donors (Lipinski definition) is 0. The molecular weight excluding hydrogens is 619 g/mol. The molecule has 0 aliphatic heterocycles. The van der Waals surface area contributed by atoms with E-state index >= 15 is 8.78 Å². The lowest BCUT2D eigenvalue weighted by atomic mass is 9.96. The zero-order valence-electron chi connectivity index (χ0n) is 24.0. The van der Waals surface area contributed by atoms with Gasteiger partial charge in [0.15, 0.2) is 17.5 Å². The molecule has 10 heteroatoms. The average molecular weight is 643 g/mol. The van der Waals surface area contributed by atoms with Crippen molar-refractivity contribution in [2.75, 3.05) is 0 Å². The van der Waals surface area contributed by atoms with Crippen LogP contribution in [-0.4, -0.2) is 0 Å². The Balaban J connectivity index is 1.38. The lowest BCUT2D eigenvalue weighted by molar-refractivity contribution is -0.189. The second-order valence-corrected chi connectivity index (χ2v) is 10.3. The minimum absolute atomic E-state index is 0.0512. The summed E-state index contributed by atoms with van der Waals surface area (Å²) in [5.74, 6) is -12.3. The van der Waals surface area contributed by atoms with E-state index in [1.54, 1.807) is 6.07 Å². The molecule has 0 saturated heterocycles. The molecule has 5 aromatic rings. The highest BCUT2D eigenvalue weighted by Gasteiger charge is 2.41. The molecule has 0 fully saturated rings. The fraction of sp³-hybridized carbons (Fsp3) is 0.111. The molecule has 0 saturated carbocycles. The zero-order valence-corrected chi connectivity index (χ0v) is 24.0. The van der Waals surface area contributed by atoms with Crippen LogP contribution in [0.4, 0.5) is 39.5 Å². The summed E-state index contributed by atoms with van der Waals surface area (Å²) in [6.45, 7) is 1.95. The van der Waals surface area contributed by atoms with E-state index in [0.29, 0.717) is 17.7 Å². The van der Waals surface area contributed by atoms with E-state index in [9.17, 15) is 30.7 Å². The van der Waals surface area contributed by atoms with Crippen LogP contribution in [0.2, 0.25) is 0 Å². The number of allylic oxidation sites excluding steroid dienone is 2. The van der Waals surface area contributed by atoms with Gasteiger partial charge >= 0.3 is 6.11 Å². The first kappa shape index (κ1) is 32.4. The van der Waals surface area contributed by atoms with Gasteiger partial charge in [-0.2, -0.15) is 8.78 Å². The molecule has 1 nitrogen and oxygen atoms in total. The molecule has 0 spiro atoms. The fourth-order valence-corrected chi connectivity index (χ4v) is 4.92. The topological polar surface area (TPSA) is 9.23 Å². The number of hydrogen-bond acceptors (Lipinski definition) is 1. The largest absolute Gasteiger partial charge is 0.432 e. The van der Waals surface area contributed by atoms with Crippen molar-refractivity contribution in [2.24, 2.45) is 0 Å². The average Bonchev–Trinajstić information content (AvgIpc) is 2.99. The summed E-state index contributed by atoms with van der Waals surface area (Å²) in [6, 6.07) is 16.4. The summed E-state index contributed by atoms with van der Waals surface area (Å²) >= 11 is 0. The number of aryl methyl sites for hydroxylation is 1. The summed E-state index contributed by atoms with van der Waals surface area (Å²) in [6.07, 6.45) is 1.01. The Kier molecular flexibility index (Phi) is 9.27. The van der Waals surface area contributed by atoms with Gasteiger partial charge in [-0.3, -0.25) is 0 Å². The third-order valence-electron chi connectivity index (χ3n) is 7.22. The van der Waals surface area contributed by atoms with Crippen molar-refractivity contribution in [1.29, 1.82) is 0 Å². The highest BCUT2D eigenvalue weighted by molar-refractivity contribution is 5.74. The lowest BCUT2D eigenvalue weighted by Crippen LogP contribution is -2.25. The molecule has 0 aliphatic rings. The van der Waals surface area contributed by atoms with Crippen LogP contribution in [0.25, 0.3) is 33.4 Å². The van der Waals surface area contributed by atoms with Crippen LogP contribution < -0.4 is 4.74 Å². The lowest BCUT2D eigenvalue weighted by Gasteiger charge is -2.20. The molecule has 0 heterocycles. The van der Waals surface area contributed by atoms with Crippen molar-refractivity contribution in [3.63, 3.8) is 0 Å². The third kappa shape index (κ3) is 6.80. The summed E-state index contributed by atoms with van der Waals surface area (Å²) in [5.41, 5.74) is -0.111. The Morgan fingerprint density at radius 3 is 1.63 bits per heavy atom. The van der Waals surface area contributed by atoms with E-state index in [1.807, 2.05) is 37.3 Å². The molecule has 0 aromatic heterocycles. The molecule has 5 rings (SSSR count). The Labute approximate surface area is 258 Å². The minimum atomic E-state index is -4.80. The molecule has 0 bridgehead atoms. The molecule has 46 heavy (non-hydrogen) atoms. The fourth-order valence-electron chi connectivity index (χ4n) is 4.92. The number of ether oxygens (including phenoxy) is 1. The van der Waals surface area contributed by atoms with E-state index < -0.39 is 63.7 Å². The van der Waals surface area contributed by atoms with Crippen LogP contribution >= 0.6 is 0 Å². The maximum atomic E-state index is 15.2. The number of rotatable bonds is 9. The zero-order chi connectivity index (χ0) is 33.2. The van der Waals surface area contributed by atoms with Gasteiger partial charge in [0, 0.05) is 23.3 Å². The van der Waals surface area contributed by atoms with E-state index in [2.05, 4.69) is 10.8 Å². The first-order valence-corrected chi connectivity index (χ1v) is 13.9. The molecule has 5 aromatic carbocycles. The molecule has 0 aliphatic carbocycles. The van der Waals surface area contributed by atoms with Crippen molar-refractivity contribution in [3.05, 3.63) is 149 Å². The first-order valence-electron chi connectivity index (χ1n) is 13.9. The molecule has 0 unspecified atom stereocenters. The summed E-state index contributed by atoms with van der Waals surface area (Å²) < 4.78 is 133. The van der Waals surface area contributed by atoms with E-state index in [1.165, 1.54) is 18.2 Å². The summed E-state index contributed by atoms with van der Waals surface area (Å²) in [4.78, 5) is 0. The predicted molar refractivity (Wildman–Crippen MR) is 157 cm³/mol. The monoisotopic (exact) mass is 642 g/mol. The van der Waals surface area contributed by atoms with Gasteiger partial charge in [0.25, 0.3) is 0 Å². The Morgan fingerprint density at radius 2 is 1.07 bits per heavy atom. The maximum absolute atomic E-state index is 15.2. The second kappa shape index (κ2) is 13.2. The van der Waals surface area contributed by atoms with E-state index in [-0.39, 0.29) is 28.8 Å². The van der Waals surface area contributed by atoms with Gasteiger partial charge in [-0.05, 0) is 71.8 Å². The number of alkyl halides is 2. The number of halogens is 9. The van der Waals surface area contributed by atoms with E-state index in [0.717, 1.165) is 36.1 Å². The molecular formula is C36H23F9O. The highest BCUT2D eigenvalue weighted by atomic mass is 19.3. The third-order valence-corrected chi connectivity index (χ3v) is 7.22. The van der Waals surface area contributed by atoms with Crippen molar-refractivity contribution in [2.45, 2.75) is 25.9 Å². The Morgan fingerprint density at radius 1 is 0.565 bits per heavy atom. The summed E-state index contributed by atoms with van der Waals surface area (Å²) in [5, 5.41) is 0. The summed E-state index contributed by atoms with van der Waals surface area (Å²) in [7, 11) is 0. The first-order chi connectivity index (χ1) is 21.9. The molecule has 0 N–H and O–H groups in total. The van der Waals surface area contributed by atoms with Crippen LogP contribution in [0, 0.1) is 40.7 Å². The normalized spacial score (nSPS) is 11.8. The van der Waals surface area contributed by atoms with Crippen LogP contribution in [0.3, 0.4) is 0 Å². The molecule has 0 radical (unpaired) electrons. The van der Waals surface area contributed by atoms with Gasteiger partial charge in [0.1, 0.15) is 34.6 Å². The van der Waals surface area contributed by atoms with Crippen LogP contribution in [0.5, 0.6) is 5.75 Å². The van der Waals surface area contributed by atoms with Crippen LogP contribution in [-0.2, 0) is 12.5 Å². The van der Waals surface area contributed by atoms with Gasteiger partial charge in [0.2, 0.25) is 0 Å². The van der Waals surface area contributed by atoms with Gasteiger partial charge in [-0.25, -0.2) is 30.7 Å². The van der Waals surface area contributed by atoms with Crippen molar-refractivity contribution in [3.8, 4) is 39.1 Å². The number of benzene rings is 5. The Bertz CT molecular complexity index is 1890. The van der Waals surface area contributed by atoms with E-state index in [4.69, 9.17) is 0 Å². The molecule has 236 valence electrons. The second-order valence-electron chi connectivity index (χ2n) is 10.3. The predicted octanol–water partition coefficient (Wildman–Crippen LogP) is 11.3. The van der Waals surface area contributed by atoms with Gasteiger partial charge in [-0.15, -0.1) is 0 Å². The Hall–Kier alpha value is -4.99. The van der Waals surface area contributed by atoms with Crippen LogP contribution in [0.1, 0.15) is 24.5 Å². The smallest absolute Gasteiger partial charge is 0.429 e. The van der Waals surface area contributed by atoms with Gasteiger partial charge < -0.3 is 4.74 Å². The molecule has 0 atom stereocenters. The van der Waals surface area contributed by atoms with Crippen LogP contribution in [0.15, 0.2) is 97.1 Å². The van der Waals surface area contributed by atoms with Gasteiger partial charge in [-0.1, -0.05) is 60.7 Å². The van der Waals surface area contributed by atoms with Crippen molar-refractivity contribution < 1.29 is 44.3 Å². The van der Waals surface area contributed by atoms with Gasteiger partial charge in [0.05, 0.1) is 0 Å². The standard InChI is InChI=1S/C36H23F9O/c1-2-3-4-5-20-6-8-21(9-7-20)22-10-12-26(28(37)14-22)23-11-13-27(29(38)15-23)24-16-30(39)34(31(40)17-24)36(44,45)46-25-18-32(41)35(43)33(42)19-25/h2-3,6-19H,4-5H2,1H3/b3-2+. The van der Waals surface area contributed by atoms with Crippen molar-refractivity contribution in [1.82, 2.24) is 0 Å². The molecule has 0 amide bonds.